The minimum Gasteiger partial charge on any atom is -0.406 e. The average molecular weight is 674 g/mol. The number of nitrogens with one attached hydrogen (secondary N) is 2. The number of hydrogen-bond acceptors (Lipinski definition) is 4. The summed E-state index contributed by atoms with van der Waals surface area (Å²) in [5, 5.41) is 5.06. The highest BCUT2D eigenvalue weighted by molar-refractivity contribution is 6.30. The number of fused-ring (bicyclic) bond motifs is 1. The molecule has 2 N–H and O–H groups in total. The Hall–Kier alpha value is -4.33. The summed E-state index contributed by atoms with van der Waals surface area (Å²) in [4.78, 5) is 42.0. The first-order valence-electron chi connectivity index (χ1n) is 13.9. The third-order valence-electron chi connectivity index (χ3n) is 7.15. The Morgan fingerprint density at radius 3 is 2.37 bits per heavy atom. The summed E-state index contributed by atoms with van der Waals surface area (Å²) in [5.41, 5.74) is -1.62. The maximum atomic E-state index is 13.7. The van der Waals surface area contributed by atoms with Crippen molar-refractivity contribution >= 4 is 35.0 Å². The van der Waals surface area contributed by atoms with Gasteiger partial charge in [-0.15, -0.1) is 13.2 Å². The molecule has 0 bridgehead atoms. The first-order chi connectivity index (χ1) is 21.4. The van der Waals surface area contributed by atoms with Gasteiger partial charge < -0.3 is 20.3 Å². The molecular formula is C31H27ClF7N3O4. The number of alkyl halides is 6. The highest BCUT2D eigenvalue weighted by Gasteiger charge is 2.39. The van der Waals surface area contributed by atoms with Crippen LogP contribution in [0.25, 0.3) is 0 Å². The van der Waals surface area contributed by atoms with Gasteiger partial charge in [0.05, 0.1) is 11.1 Å². The summed E-state index contributed by atoms with van der Waals surface area (Å²) in [7, 11) is 0. The number of halogens is 8. The van der Waals surface area contributed by atoms with E-state index in [0.717, 1.165) is 6.07 Å². The number of rotatable bonds is 8. The van der Waals surface area contributed by atoms with Crippen LogP contribution in [-0.2, 0) is 28.6 Å². The molecule has 1 aliphatic rings. The lowest BCUT2D eigenvalue weighted by Crippen LogP contribution is -2.55. The Kier molecular flexibility index (Phi) is 10.2. The molecule has 0 spiro atoms. The van der Waals surface area contributed by atoms with Gasteiger partial charge in [0.25, 0.3) is 5.91 Å². The number of carbonyl (C=O) groups excluding carboxylic acids is 3. The minimum absolute atomic E-state index is 0.0613. The molecule has 46 heavy (non-hydrogen) atoms. The van der Waals surface area contributed by atoms with Gasteiger partial charge in [-0.1, -0.05) is 29.8 Å². The zero-order valence-electron chi connectivity index (χ0n) is 24.2. The zero-order valence-corrected chi connectivity index (χ0v) is 25.0. The van der Waals surface area contributed by atoms with Crippen molar-refractivity contribution in [3.8, 4) is 5.75 Å². The standard InChI is InChI=1S/C31H27ClF7N3O4/c1-16(2)42-25-12-8-19(32)13-17(25)7-11-23(29(42)45)40-28(44)24(14-18-5-3-4-6-26(18)46-31(37,38)39)41-27(43)21-10-9-20(33)15-22(21)30(34,35)36/h3-6,8-10,12-13,15-16,23-24H,7,11,14H2,1-2H3,(H,40,44)(H,41,43)/t23-,24-/m1/s1. The molecular weight excluding hydrogens is 647 g/mol. The predicted molar refractivity (Wildman–Crippen MR) is 154 cm³/mol. The number of hydrogen-bond donors (Lipinski definition) is 2. The number of anilines is 1. The van der Waals surface area contributed by atoms with Crippen molar-refractivity contribution in [3.05, 3.63) is 93.8 Å². The second kappa shape index (κ2) is 13.6. The quantitative estimate of drug-likeness (QED) is 0.264. The van der Waals surface area contributed by atoms with E-state index in [1.807, 2.05) is 0 Å². The van der Waals surface area contributed by atoms with E-state index in [1.165, 1.54) is 23.1 Å². The lowest BCUT2D eigenvalue weighted by molar-refractivity contribution is -0.274. The van der Waals surface area contributed by atoms with Gasteiger partial charge in [-0.25, -0.2) is 4.39 Å². The van der Waals surface area contributed by atoms with E-state index in [1.54, 1.807) is 32.0 Å². The van der Waals surface area contributed by atoms with E-state index < -0.39 is 71.5 Å². The zero-order chi connectivity index (χ0) is 34.0. The summed E-state index contributed by atoms with van der Waals surface area (Å²) in [6, 6.07) is 7.50. The van der Waals surface area contributed by atoms with Crippen LogP contribution in [0.4, 0.5) is 36.4 Å². The molecule has 3 amide bonds. The highest BCUT2D eigenvalue weighted by Crippen LogP contribution is 2.34. The van der Waals surface area contributed by atoms with Gasteiger partial charge in [0.15, 0.2) is 0 Å². The second-order valence-electron chi connectivity index (χ2n) is 10.7. The molecule has 0 aliphatic carbocycles. The Morgan fingerprint density at radius 2 is 1.72 bits per heavy atom. The third-order valence-corrected chi connectivity index (χ3v) is 7.38. The van der Waals surface area contributed by atoms with Gasteiger partial charge in [-0.3, -0.25) is 14.4 Å². The summed E-state index contributed by atoms with van der Waals surface area (Å²) in [6.45, 7) is 3.48. The molecule has 0 fully saturated rings. The molecule has 3 aromatic carbocycles. The van der Waals surface area contributed by atoms with Crippen molar-refractivity contribution in [2.24, 2.45) is 0 Å². The molecule has 3 aromatic rings. The first-order valence-corrected chi connectivity index (χ1v) is 14.3. The van der Waals surface area contributed by atoms with E-state index in [4.69, 9.17) is 11.6 Å². The molecule has 1 aliphatic heterocycles. The average Bonchev–Trinajstić information content (AvgIpc) is 3.08. The van der Waals surface area contributed by atoms with Gasteiger partial charge in [0.1, 0.15) is 23.7 Å². The molecule has 0 radical (unpaired) electrons. The molecule has 2 atom stereocenters. The molecule has 0 unspecified atom stereocenters. The fraction of sp³-hybridized carbons (Fsp3) is 0.323. The maximum Gasteiger partial charge on any atom is 0.573 e. The number of para-hydroxylation sites is 1. The van der Waals surface area contributed by atoms with E-state index in [0.29, 0.717) is 28.4 Å². The van der Waals surface area contributed by atoms with Crippen LogP contribution in [0.1, 0.15) is 47.3 Å². The fourth-order valence-corrected chi connectivity index (χ4v) is 5.34. The van der Waals surface area contributed by atoms with Crippen molar-refractivity contribution in [1.82, 2.24) is 10.6 Å². The van der Waals surface area contributed by atoms with Crippen LogP contribution in [-0.4, -0.2) is 42.2 Å². The van der Waals surface area contributed by atoms with E-state index in [2.05, 4.69) is 15.4 Å². The van der Waals surface area contributed by atoms with Crippen LogP contribution in [0.5, 0.6) is 5.75 Å². The van der Waals surface area contributed by atoms with Gasteiger partial charge in [0.2, 0.25) is 11.8 Å². The summed E-state index contributed by atoms with van der Waals surface area (Å²) < 4.78 is 98.1. The molecule has 4 rings (SSSR count). The van der Waals surface area contributed by atoms with Gasteiger partial charge in [-0.05, 0) is 80.3 Å². The number of amides is 3. The van der Waals surface area contributed by atoms with Crippen LogP contribution < -0.4 is 20.3 Å². The van der Waals surface area contributed by atoms with Crippen molar-refractivity contribution < 1.29 is 49.9 Å². The van der Waals surface area contributed by atoms with E-state index in [-0.39, 0.29) is 30.5 Å². The largest absolute Gasteiger partial charge is 0.573 e. The Morgan fingerprint density at radius 1 is 1.02 bits per heavy atom. The lowest BCUT2D eigenvalue weighted by atomic mass is 10.0. The normalized spacial score (nSPS) is 16.0. The number of nitrogens with zero attached hydrogens (tertiary/aromatic N) is 1. The highest BCUT2D eigenvalue weighted by atomic mass is 35.5. The maximum absolute atomic E-state index is 13.7. The van der Waals surface area contributed by atoms with Crippen LogP contribution in [0, 0.1) is 5.82 Å². The summed E-state index contributed by atoms with van der Waals surface area (Å²) in [5.74, 6) is -5.06. The van der Waals surface area contributed by atoms with Crippen molar-refractivity contribution in [2.45, 2.75) is 63.8 Å². The van der Waals surface area contributed by atoms with E-state index >= 15 is 0 Å². The van der Waals surface area contributed by atoms with Crippen LogP contribution in [0.15, 0.2) is 60.7 Å². The molecule has 0 saturated heterocycles. The van der Waals surface area contributed by atoms with Crippen LogP contribution >= 0.6 is 11.6 Å². The van der Waals surface area contributed by atoms with Gasteiger partial charge in [-0.2, -0.15) is 13.2 Å². The molecule has 7 nitrogen and oxygen atoms in total. The topological polar surface area (TPSA) is 87.7 Å². The van der Waals surface area contributed by atoms with Gasteiger partial charge >= 0.3 is 12.5 Å². The number of ether oxygens (including phenoxy) is 1. The third kappa shape index (κ3) is 8.27. The molecule has 15 heteroatoms. The first kappa shape index (κ1) is 34.5. The van der Waals surface area contributed by atoms with E-state index in [9.17, 15) is 45.1 Å². The van der Waals surface area contributed by atoms with Crippen LogP contribution in [0.3, 0.4) is 0 Å². The van der Waals surface area contributed by atoms with Crippen molar-refractivity contribution in [2.75, 3.05) is 4.90 Å². The summed E-state index contributed by atoms with van der Waals surface area (Å²) >= 11 is 6.15. The van der Waals surface area contributed by atoms with Crippen LogP contribution in [0.2, 0.25) is 5.02 Å². The number of aryl methyl sites for hydroxylation is 1. The molecule has 0 saturated carbocycles. The van der Waals surface area contributed by atoms with Gasteiger partial charge in [0, 0.05) is 23.2 Å². The predicted octanol–water partition coefficient (Wildman–Crippen LogP) is 6.61. The monoisotopic (exact) mass is 673 g/mol. The number of benzene rings is 3. The van der Waals surface area contributed by atoms with Crippen molar-refractivity contribution in [1.29, 1.82) is 0 Å². The SMILES string of the molecule is CC(C)N1C(=O)[C@H](NC(=O)[C@@H](Cc2ccccc2OC(F)(F)F)NC(=O)c2ccc(F)cc2C(F)(F)F)CCc2cc(Cl)ccc21. The fourth-order valence-electron chi connectivity index (χ4n) is 5.15. The smallest absolute Gasteiger partial charge is 0.406 e. The Bertz CT molecular complexity index is 1630. The summed E-state index contributed by atoms with van der Waals surface area (Å²) in [6.07, 6.45) is -10.6. The number of carbonyl (C=O) groups is 3. The lowest BCUT2D eigenvalue weighted by Gasteiger charge is -2.30. The second-order valence-corrected chi connectivity index (χ2v) is 11.2. The molecule has 0 aromatic heterocycles. The Labute approximate surface area is 263 Å². The minimum atomic E-state index is -5.16. The Balaban J connectivity index is 1.69. The molecule has 1 heterocycles. The van der Waals surface area contributed by atoms with Crippen molar-refractivity contribution in [3.63, 3.8) is 0 Å². The molecule has 246 valence electrons.